The van der Waals surface area contributed by atoms with Gasteiger partial charge < -0.3 is 11.1 Å². The molecule has 3 nitrogen and oxygen atoms in total. The normalized spacial score (nSPS) is 17.1. The first-order valence-corrected chi connectivity index (χ1v) is 4.85. The van der Waals surface area contributed by atoms with Crippen LogP contribution in [0.25, 0.3) is 0 Å². The summed E-state index contributed by atoms with van der Waals surface area (Å²) in [6.07, 6.45) is 0.917. The Kier molecular flexibility index (Phi) is 2.25. The molecule has 0 spiro atoms. The number of benzene rings is 1. The second-order valence-corrected chi connectivity index (χ2v) is 3.71. The van der Waals surface area contributed by atoms with E-state index >= 15 is 0 Å². The maximum atomic E-state index is 11.5. The molecule has 1 amide bonds. The number of carbonyl (C=O) groups is 1. The molecule has 2 rings (SSSR count). The van der Waals surface area contributed by atoms with Crippen LogP contribution in [-0.4, -0.2) is 12.5 Å². The molecule has 14 heavy (non-hydrogen) atoms. The molecule has 3 N–H and O–H groups in total. The number of nitrogens with two attached hydrogens (primary N) is 1. The number of amides is 1. The van der Waals surface area contributed by atoms with Crippen LogP contribution < -0.4 is 11.1 Å². The lowest BCUT2D eigenvalue weighted by molar-refractivity contribution is 0.0946. The van der Waals surface area contributed by atoms with Gasteiger partial charge in [-0.2, -0.15) is 0 Å². The van der Waals surface area contributed by atoms with Crippen LogP contribution >= 0.6 is 0 Å². The third-order valence-electron chi connectivity index (χ3n) is 2.58. The van der Waals surface area contributed by atoms with Gasteiger partial charge in [-0.05, 0) is 30.5 Å². The van der Waals surface area contributed by atoms with Gasteiger partial charge in [0.2, 0.25) is 0 Å². The molecule has 1 aliphatic rings. The minimum atomic E-state index is -0.0185. The second kappa shape index (κ2) is 3.42. The van der Waals surface area contributed by atoms with Crippen LogP contribution in [-0.2, 0) is 6.42 Å². The Bertz CT molecular complexity index is 372. The Hall–Kier alpha value is -1.35. The van der Waals surface area contributed by atoms with E-state index in [1.165, 1.54) is 0 Å². The first-order valence-electron chi connectivity index (χ1n) is 4.85. The highest BCUT2D eigenvalue weighted by Gasteiger charge is 2.16. The summed E-state index contributed by atoms with van der Waals surface area (Å²) in [4.78, 5) is 11.5. The molecule has 1 aliphatic heterocycles. The van der Waals surface area contributed by atoms with Crippen molar-refractivity contribution in [2.24, 2.45) is 5.73 Å². The Morgan fingerprint density at radius 3 is 3.00 bits per heavy atom. The Morgan fingerprint density at radius 2 is 2.29 bits per heavy atom. The van der Waals surface area contributed by atoms with Gasteiger partial charge in [-0.3, -0.25) is 4.79 Å². The van der Waals surface area contributed by atoms with Crippen LogP contribution in [0.3, 0.4) is 0 Å². The molecule has 0 bridgehead atoms. The van der Waals surface area contributed by atoms with Crippen molar-refractivity contribution in [2.75, 3.05) is 6.54 Å². The quantitative estimate of drug-likeness (QED) is 0.694. The summed E-state index contributed by atoms with van der Waals surface area (Å²) in [5.74, 6) is 0.0220. The van der Waals surface area contributed by atoms with Crippen LogP contribution in [0.1, 0.15) is 34.5 Å². The van der Waals surface area contributed by atoms with Gasteiger partial charge in [0.05, 0.1) is 0 Å². The summed E-state index contributed by atoms with van der Waals surface area (Å²) < 4.78 is 0. The summed E-state index contributed by atoms with van der Waals surface area (Å²) in [7, 11) is 0. The molecule has 0 saturated carbocycles. The van der Waals surface area contributed by atoms with Crippen molar-refractivity contribution in [1.82, 2.24) is 5.32 Å². The molecule has 3 heteroatoms. The average molecular weight is 190 g/mol. The van der Waals surface area contributed by atoms with E-state index < -0.39 is 0 Å². The van der Waals surface area contributed by atoms with E-state index in [4.69, 9.17) is 5.73 Å². The number of hydrogen-bond acceptors (Lipinski definition) is 2. The van der Waals surface area contributed by atoms with Crippen molar-refractivity contribution in [3.8, 4) is 0 Å². The topological polar surface area (TPSA) is 55.1 Å². The fraction of sp³-hybridized carbons (Fsp3) is 0.364. The zero-order valence-corrected chi connectivity index (χ0v) is 8.21. The largest absolute Gasteiger partial charge is 0.352 e. The molecular formula is C11H14N2O. The van der Waals surface area contributed by atoms with Gasteiger partial charge >= 0.3 is 0 Å². The highest BCUT2D eigenvalue weighted by molar-refractivity contribution is 5.96. The standard InChI is InChI=1S/C11H14N2O/c1-7(12)9-3-2-8-4-5-13-11(14)10(8)6-9/h2-3,6-7H,4-5,12H2,1H3,(H,13,14). The number of hydrogen-bond donors (Lipinski definition) is 2. The Balaban J connectivity index is 2.46. The van der Waals surface area contributed by atoms with Crippen molar-refractivity contribution in [2.45, 2.75) is 19.4 Å². The molecule has 1 atom stereocenters. The van der Waals surface area contributed by atoms with Crippen molar-refractivity contribution in [1.29, 1.82) is 0 Å². The van der Waals surface area contributed by atoms with Crippen LogP contribution in [0.2, 0.25) is 0 Å². The summed E-state index contributed by atoms with van der Waals surface area (Å²) in [6.45, 7) is 2.66. The minimum absolute atomic E-state index is 0.0185. The van der Waals surface area contributed by atoms with E-state index in [0.717, 1.165) is 29.7 Å². The SMILES string of the molecule is CC(N)c1ccc2c(c1)C(=O)NCC2. The highest BCUT2D eigenvalue weighted by Crippen LogP contribution is 2.18. The van der Waals surface area contributed by atoms with E-state index in [0.29, 0.717) is 0 Å². The van der Waals surface area contributed by atoms with Crippen LogP contribution in [0.4, 0.5) is 0 Å². The maximum Gasteiger partial charge on any atom is 0.251 e. The third-order valence-corrected chi connectivity index (χ3v) is 2.58. The average Bonchev–Trinajstić information content (AvgIpc) is 2.18. The lowest BCUT2D eigenvalue weighted by Crippen LogP contribution is -2.32. The van der Waals surface area contributed by atoms with Crippen molar-refractivity contribution in [3.05, 3.63) is 34.9 Å². The number of rotatable bonds is 1. The van der Waals surface area contributed by atoms with Crippen LogP contribution in [0, 0.1) is 0 Å². The summed E-state index contributed by atoms with van der Waals surface area (Å²) in [6, 6.07) is 5.89. The Labute approximate surface area is 83.3 Å². The maximum absolute atomic E-state index is 11.5. The number of fused-ring (bicyclic) bond motifs is 1. The first-order chi connectivity index (χ1) is 6.68. The van der Waals surface area contributed by atoms with E-state index in [1.807, 2.05) is 25.1 Å². The van der Waals surface area contributed by atoms with Gasteiger partial charge in [0.15, 0.2) is 0 Å². The van der Waals surface area contributed by atoms with E-state index in [2.05, 4.69) is 5.32 Å². The molecule has 1 heterocycles. The fourth-order valence-corrected chi connectivity index (χ4v) is 1.71. The first kappa shape index (κ1) is 9.21. The molecule has 0 aliphatic carbocycles. The van der Waals surface area contributed by atoms with Crippen LogP contribution in [0.5, 0.6) is 0 Å². The van der Waals surface area contributed by atoms with Crippen molar-refractivity contribution >= 4 is 5.91 Å². The zero-order valence-electron chi connectivity index (χ0n) is 8.21. The fourth-order valence-electron chi connectivity index (χ4n) is 1.71. The number of nitrogens with one attached hydrogen (secondary N) is 1. The molecule has 0 fully saturated rings. The second-order valence-electron chi connectivity index (χ2n) is 3.71. The van der Waals surface area contributed by atoms with E-state index in [-0.39, 0.29) is 11.9 Å². The molecule has 0 aromatic heterocycles. The Morgan fingerprint density at radius 1 is 1.50 bits per heavy atom. The number of carbonyl (C=O) groups excluding carboxylic acids is 1. The van der Waals surface area contributed by atoms with Crippen LogP contribution in [0.15, 0.2) is 18.2 Å². The lowest BCUT2D eigenvalue weighted by Gasteiger charge is -2.18. The van der Waals surface area contributed by atoms with Gasteiger partial charge in [0.25, 0.3) is 5.91 Å². The highest BCUT2D eigenvalue weighted by atomic mass is 16.1. The minimum Gasteiger partial charge on any atom is -0.352 e. The van der Waals surface area contributed by atoms with Crippen molar-refractivity contribution in [3.63, 3.8) is 0 Å². The van der Waals surface area contributed by atoms with Gasteiger partial charge in [-0.1, -0.05) is 12.1 Å². The summed E-state index contributed by atoms with van der Waals surface area (Å²) in [5, 5.41) is 2.82. The molecule has 1 unspecified atom stereocenters. The van der Waals surface area contributed by atoms with Gasteiger partial charge in [0, 0.05) is 18.2 Å². The predicted octanol–water partition coefficient (Wildman–Crippen LogP) is 0.992. The monoisotopic (exact) mass is 190 g/mol. The van der Waals surface area contributed by atoms with Crippen molar-refractivity contribution < 1.29 is 4.79 Å². The van der Waals surface area contributed by atoms with Gasteiger partial charge in [-0.25, -0.2) is 0 Å². The molecule has 74 valence electrons. The molecule has 0 saturated heterocycles. The molecule has 1 aromatic carbocycles. The molecule has 0 radical (unpaired) electrons. The molecule has 1 aromatic rings. The summed E-state index contributed by atoms with van der Waals surface area (Å²) in [5.41, 5.74) is 8.68. The predicted molar refractivity (Wildman–Crippen MR) is 55.1 cm³/mol. The summed E-state index contributed by atoms with van der Waals surface area (Å²) >= 11 is 0. The van der Waals surface area contributed by atoms with E-state index in [1.54, 1.807) is 0 Å². The lowest BCUT2D eigenvalue weighted by atomic mass is 9.96. The smallest absolute Gasteiger partial charge is 0.251 e. The van der Waals surface area contributed by atoms with Gasteiger partial charge in [-0.15, -0.1) is 0 Å². The zero-order chi connectivity index (χ0) is 10.1. The van der Waals surface area contributed by atoms with Gasteiger partial charge in [0.1, 0.15) is 0 Å². The third kappa shape index (κ3) is 1.51. The van der Waals surface area contributed by atoms with E-state index in [9.17, 15) is 4.79 Å². The molecular weight excluding hydrogens is 176 g/mol.